The second-order valence-corrected chi connectivity index (χ2v) is 9.99. The van der Waals surface area contributed by atoms with Crippen LogP contribution in [0.1, 0.15) is 49.0 Å². The van der Waals surface area contributed by atoms with E-state index in [9.17, 15) is 4.79 Å². The number of rotatable bonds is 4. The van der Waals surface area contributed by atoms with Crippen molar-refractivity contribution >= 4 is 40.0 Å². The summed E-state index contributed by atoms with van der Waals surface area (Å²) in [6, 6.07) is 12.2. The number of nitrogens with zero attached hydrogens (tertiary/aromatic N) is 2. The van der Waals surface area contributed by atoms with Gasteiger partial charge >= 0.3 is 0 Å². The van der Waals surface area contributed by atoms with Crippen molar-refractivity contribution in [3.8, 4) is 9.88 Å². The zero-order valence-corrected chi connectivity index (χ0v) is 18.0. The van der Waals surface area contributed by atoms with Gasteiger partial charge in [-0.2, -0.15) is 0 Å². The second kappa shape index (κ2) is 7.92. The van der Waals surface area contributed by atoms with E-state index in [1.807, 2.05) is 35.0 Å². The molecule has 6 heteroatoms. The number of carbonyl (C=O) groups excluding carboxylic acids is 1. The van der Waals surface area contributed by atoms with Gasteiger partial charge in [-0.25, -0.2) is 4.98 Å². The predicted octanol–water partition coefficient (Wildman–Crippen LogP) is 6.28. The summed E-state index contributed by atoms with van der Waals surface area (Å²) in [6.45, 7) is 2.15. The van der Waals surface area contributed by atoms with Crippen LogP contribution < -0.4 is 10.2 Å². The maximum Gasteiger partial charge on any atom is 0.275 e. The molecule has 1 saturated carbocycles. The fourth-order valence-electron chi connectivity index (χ4n) is 4.78. The Balaban J connectivity index is 1.30. The smallest absolute Gasteiger partial charge is 0.275 e. The van der Waals surface area contributed by atoms with Crippen molar-refractivity contribution in [1.29, 1.82) is 0 Å². The van der Waals surface area contributed by atoms with Crippen molar-refractivity contribution in [1.82, 2.24) is 4.98 Å². The Hall–Kier alpha value is -2.18. The van der Waals surface area contributed by atoms with Crippen LogP contribution in [-0.2, 0) is 0 Å². The Morgan fingerprint density at radius 2 is 1.79 bits per heavy atom. The van der Waals surface area contributed by atoms with E-state index in [4.69, 9.17) is 0 Å². The molecule has 0 radical (unpaired) electrons. The number of aromatic nitrogens is 1. The van der Waals surface area contributed by atoms with E-state index in [2.05, 4.69) is 27.3 Å². The van der Waals surface area contributed by atoms with Crippen LogP contribution in [0.15, 0.2) is 47.2 Å². The molecule has 2 aromatic heterocycles. The van der Waals surface area contributed by atoms with Crippen LogP contribution in [0.2, 0.25) is 0 Å². The van der Waals surface area contributed by atoms with Gasteiger partial charge in [-0.1, -0.05) is 31.0 Å². The molecule has 0 unspecified atom stereocenters. The summed E-state index contributed by atoms with van der Waals surface area (Å²) in [5.74, 6) is -0.138. The molecular formula is C23H25N3OS2. The molecule has 3 heterocycles. The average molecular weight is 424 g/mol. The molecule has 1 amide bonds. The Morgan fingerprint density at radius 3 is 2.55 bits per heavy atom. The SMILES string of the molecule is O=C(Nc1ccccc1N1CCC2(CCCC2)CC1)c1csc(-c2cccs2)n1. The quantitative estimate of drug-likeness (QED) is 0.537. The summed E-state index contributed by atoms with van der Waals surface area (Å²) in [4.78, 5) is 20.9. The highest BCUT2D eigenvalue weighted by molar-refractivity contribution is 7.20. The number of piperidine rings is 1. The van der Waals surface area contributed by atoms with Crippen LogP contribution in [0.3, 0.4) is 0 Å². The molecule has 150 valence electrons. The number of carbonyl (C=O) groups is 1. The van der Waals surface area contributed by atoms with Crippen molar-refractivity contribution in [3.63, 3.8) is 0 Å². The molecular weight excluding hydrogens is 398 g/mol. The number of thiazole rings is 1. The topological polar surface area (TPSA) is 45.2 Å². The number of thiophene rings is 1. The van der Waals surface area contributed by atoms with Gasteiger partial charge in [0.2, 0.25) is 0 Å². The Bertz CT molecular complexity index is 979. The standard InChI is InChI=1S/C23H25N3OS2/c27-21(18-16-29-22(25-18)20-8-5-15-28-20)24-17-6-1-2-7-19(17)26-13-11-23(12-14-26)9-3-4-10-23/h1-2,5-8,15-16H,3-4,9-14H2,(H,24,27). The molecule has 1 aliphatic heterocycles. The van der Waals surface area contributed by atoms with Gasteiger partial charge in [0.15, 0.2) is 0 Å². The van der Waals surface area contributed by atoms with Crippen molar-refractivity contribution in [3.05, 3.63) is 52.9 Å². The van der Waals surface area contributed by atoms with Crippen LogP contribution in [-0.4, -0.2) is 24.0 Å². The molecule has 2 fully saturated rings. The number of benzene rings is 1. The molecule has 1 aromatic carbocycles. The summed E-state index contributed by atoms with van der Waals surface area (Å²) < 4.78 is 0. The van der Waals surface area contributed by atoms with Crippen LogP contribution in [0, 0.1) is 5.41 Å². The zero-order valence-electron chi connectivity index (χ0n) is 16.4. The first-order valence-electron chi connectivity index (χ1n) is 10.4. The van der Waals surface area contributed by atoms with Gasteiger partial charge in [-0.3, -0.25) is 4.79 Å². The molecule has 29 heavy (non-hydrogen) atoms. The number of anilines is 2. The number of nitrogens with one attached hydrogen (secondary N) is 1. The van der Waals surface area contributed by atoms with Crippen molar-refractivity contribution in [2.45, 2.75) is 38.5 Å². The highest BCUT2D eigenvalue weighted by atomic mass is 32.1. The lowest BCUT2D eigenvalue weighted by Gasteiger charge is -2.41. The lowest BCUT2D eigenvalue weighted by Crippen LogP contribution is -2.39. The third-order valence-corrected chi connectivity index (χ3v) is 8.33. The lowest BCUT2D eigenvalue weighted by molar-refractivity contribution is 0.102. The van der Waals surface area contributed by atoms with Crippen molar-refractivity contribution in [2.75, 3.05) is 23.3 Å². The van der Waals surface area contributed by atoms with Crippen molar-refractivity contribution in [2.24, 2.45) is 5.41 Å². The Kier molecular flexibility index (Phi) is 5.14. The molecule has 0 bridgehead atoms. The largest absolute Gasteiger partial charge is 0.370 e. The van der Waals surface area contributed by atoms with Crippen molar-refractivity contribution < 1.29 is 4.79 Å². The molecule has 1 aliphatic carbocycles. The van der Waals surface area contributed by atoms with Crippen LogP contribution in [0.25, 0.3) is 9.88 Å². The van der Waals surface area contributed by atoms with Gasteiger partial charge in [0, 0.05) is 18.5 Å². The van der Waals surface area contributed by atoms with E-state index in [0.29, 0.717) is 11.1 Å². The van der Waals surface area contributed by atoms with Gasteiger partial charge in [-0.15, -0.1) is 22.7 Å². The van der Waals surface area contributed by atoms with Gasteiger partial charge in [-0.05, 0) is 54.7 Å². The third kappa shape index (κ3) is 3.83. The van der Waals surface area contributed by atoms with E-state index in [0.717, 1.165) is 34.3 Å². The van der Waals surface area contributed by atoms with E-state index >= 15 is 0 Å². The maximum atomic E-state index is 12.9. The molecule has 2 aliphatic rings. The normalized spacial score (nSPS) is 18.3. The third-order valence-electron chi connectivity index (χ3n) is 6.45. The summed E-state index contributed by atoms with van der Waals surface area (Å²) in [5.41, 5.74) is 3.08. The van der Waals surface area contributed by atoms with Gasteiger partial charge in [0.05, 0.1) is 16.3 Å². The zero-order chi connectivity index (χ0) is 19.7. The lowest BCUT2D eigenvalue weighted by atomic mass is 9.77. The van der Waals surface area contributed by atoms with E-state index in [-0.39, 0.29) is 5.91 Å². The highest BCUT2D eigenvalue weighted by Crippen LogP contribution is 2.47. The van der Waals surface area contributed by atoms with Crippen LogP contribution >= 0.6 is 22.7 Å². The molecule has 1 spiro atoms. The van der Waals surface area contributed by atoms with Gasteiger partial charge in [0.25, 0.3) is 5.91 Å². The fourth-order valence-corrected chi connectivity index (χ4v) is 6.39. The number of para-hydroxylation sites is 2. The number of hydrogen-bond acceptors (Lipinski definition) is 5. The highest BCUT2D eigenvalue weighted by Gasteiger charge is 2.37. The molecule has 1 saturated heterocycles. The van der Waals surface area contributed by atoms with E-state index in [1.165, 1.54) is 49.9 Å². The minimum Gasteiger partial charge on any atom is -0.370 e. The van der Waals surface area contributed by atoms with Gasteiger partial charge < -0.3 is 10.2 Å². The molecule has 0 atom stereocenters. The Labute approximate surface area is 179 Å². The summed E-state index contributed by atoms with van der Waals surface area (Å²) >= 11 is 3.16. The first-order chi connectivity index (χ1) is 14.2. The minimum absolute atomic E-state index is 0.138. The molecule has 4 nitrogen and oxygen atoms in total. The molecule has 5 rings (SSSR count). The number of hydrogen-bond donors (Lipinski definition) is 1. The maximum absolute atomic E-state index is 12.9. The molecule has 3 aromatic rings. The summed E-state index contributed by atoms with van der Waals surface area (Å²) in [6.07, 6.45) is 8.13. The number of amides is 1. The first-order valence-corrected chi connectivity index (χ1v) is 12.1. The Morgan fingerprint density at radius 1 is 1.00 bits per heavy atom. The van der Waals surface area contributed by atoms with Crippen LogP contribution in [0.5, 0.6) is 0 Å². The van der Waals surface area contributed by atoms with E-state index < -0.39 is 0 Å². The van der Waals surface area contributed by atoms with Gasteiger partial charge in [0.1, 0.15) is 10.7 Å². The minimum atomic E-state index is -0.138. The van der Waals surface area contributed by atoms with Crippen LogP contribution in [0.4, 0.5) is 11.4 Å². The molecule has 1 N–H and O–H groups in total. The second-order valence-electron chi connectivity index (χ2n) is 8.18. The average Bonchev–Trinajstić information content (AvgIpc) is 3.51. The summed E-state index contributed by atoms with van der Waals surface area (Å²) in [5, 5.41) is 7.88. The summed E-state index contributed by atoms with van der Waals surface area (Å²) in [7, 11) is 0. The predicted molar refractivity (Wildman–Crippen MR) is 122 cm³/mol. The fraction of sp³-hybridized carbons (Fsp3) is 0.391. The monoisotopic (exact) mass is 423 g/mol. The first kappa shape index (κ1) is 18.8. The van der Waals surface area contributed by atoms with E-state index in [1.54, 1.807) is 11.3 Å².